The van der Waals surface area contributed by atoms with Gasteiger partial charge < -0.3 is 5.73 Å². The molecule has 0 aromatic heterocycles. The Kier molecular flexibility index (Phi) is 5.36. The third-order valence-corrected chi connectivity index (χ3v) is 1.97. The first-order valence-electron chi connectivity index (χ1n) is 4.61. The minimum Gasteiger partial charge on any atom is -0.370 e. The molecule has 0 rings (SSSR count). The van der Waals surface area contributed by atoms with Crippen molar-refractivity contribution in [3.63, 3.8) is 0 Å². The van der Waals surface area contributed by atoms with Crippen molar-refractivity contribution in [2.24, 2.45) is 5.73 Å². The van der Waals surface area contributed by atoms with Crippen molar-refractivity contribution in [3.05, 3.63) is 0 Å². The molecule has 0 aliphatic rings. The van der Waals surface area contributed by atoms with E-state index in [-0.39, 0.29) is 0 Å². The summed E-state index contributed by atoms with van der Waals surface area (Å²) in [6.07, 6.45) is -0.704. The van der Waals surface area contributed by atoms with Crippen molar-refractivity contribution >= 4 is 11.8 Å². The van der Waals surface area contributed by atoms with Gasteiger partial charge in [0, 0.05) is 32.7 Å². The Morgan fingerprint density at radius 2 is 1.88 bits per heavy atom. The number of nitriles is 1. The van der Waals surface area contributed by atoms with Crippen molar-refractivity contribution in [1.29, 1.82) is 5.26 Å². The third-order valence-electron chi connectivity index (χ3n) is 1.97. The van der Waals surface area contributed by atoms with E-state index in [0.29, 0.717) is 4.90 Å². The Balaban J connectivity index is 4.04. The van der Waals surface area contributed by atoms with E-state index in [1.807, 2.05) is 0 Å². The van der Waals surface area contributed by atoms with Gasteiger partial charge in [0.25, 0.3) is 0 Å². The second-order valence-electron chi connectivity index (χ2n) is 3.38. The molecular weight excluding hydrogens is 220 g/mol. The minimum absolute atomic E-state index is 0.421. The van der Waals surface area contributed by atoms with E-state index in [2.05, 4.69) is 0 Å². The largest absolute Gasteiger partial charge is 0.370 e. The van der Waals surface area contributed by atoms with E-state index in [0.717, 1.165) is 0 Å². The first-order valence-corrected chi connectivity index (χ1v) is 4.61. The fourth-order valence-corrected chi connectivity index (χ4v) is 0.944. The number of carbonyl (C=O) groups excluding carboxylic acids is 2. The molecule has 0 aliphatic heterocycles. The van der Waals surface area contributed by atoms with Crippen molar-refractivity contribution in [3.8, 4) is 6.19 Å². The van der Waals surface area contributed by atoms with Crippen molar-refractivity contribution in [2.75, 3.05) is 7.05 Å². The molecule has 0 unspecified atom stereocenters. The highest BCUT2D eigenvalue weighted by Crippen LogP contribution is 2.26. The lowest BCUT2D eigenvalue weighted by atomic mass is 10.1. The van der Waals surface area contributed by atoms with Gasteiger partial charge in [-0.3, -0.25) is 14.5 Å². The molecule has 5 nitrogen and oxygen atoms in total. The second-order valence-corrected chi connectivity index (χ2v) is 3.38. The van der Waals surface area contributed by atoms with Crippen LogP contribution in [0.25, 0.3) is 0 Å². The zero-order valence-electron chi connectivity index (χ0n) is 8.87. The molecule has 0 spiro atoms. The van der Waals surface area contributed by atoms with Crippen LogP contribution >= 0.6 is 0 Å². The van der Waals surface area contributed by atoms with Gasteiger partial charge in [-0.25, -0.2) is 8.78 Å². The molecule has 2 amide bonds. The first-order chi connectivity index (χ1) is 7.28. The van der Waals surface area contributed by atoms with Crippen LogP contribution in [0.4, 0.5) is 8.78 Å². The van der Waals surface area contributed by atoms with Crippen LogP contribution in [0.5, 0.6) is 0 Å². The molecule has 0 heterocycles. The Morgan fingerprint density at radius 3 is 2.31 bits per heavy atom. The normalized spacial score (nSPS) is 10.6. The quantitative estimate of drug-likeness (QED) is 0.538. The van der Waals surface area contributed by atoms with Crippen LogP contribution in [0.2, 0.25) is 0 Å². The zero-order chi connectivity index (χ0) is 12.8. The Morgan fingerprint density at radius 1 is 1.38 bits per heavy atom. The van der Waals surface area contributed by atoms with Crippen LogP contribution in [0.15, 0.2) is 0 Å². The topological polar surface area (TPSA) is 87.2 Å². The van der Waals surface area contributed by atoms with Crippen LogP contribution in [0, 0.1) is 11.5 Å². The number of hydrogen-bond donors (Lipinski definition) is 1. The number of rotatable bonds is 6. The lowest BCUT2D eigenvalue weighted by Crippen LogP contribution is -2.26. The van der Waals surface area contributed by atoms with Gasteiger partial charge in [0.1, 0.15) is 0 Å². The summed E-state index contributed by atoms with van der Waals surface area (Å²) >= 11 is 0. The molecule has 0 aromatic rings. The minimum atomic E-state index is -3.11. The third kappa shape index (κ3) is 5.90. The fourth-order valence-electron chi connectivity index (χ4n) is 0.944. The van der Waals surface area contributed by atoms with Gasteiger partial charge in [0.2, 0.25) is 17.7 Å². The van der Waals surface area contributed by atoms with Gasteiger partial charge in [-0.2, -0.15) is 5.26 Å². The number of primary amides is 1. The molecule has 0 aliphatic carbocycles. The fraction of sp³-hybridized carbons (Fsp3) is 0.667. The number of nitrogens with zero attached hydrogens (tertiary/aromatic N) is 2. The maximum absolute atomic E-state index is 13.1. The maximum Gasteiger partial charge on any atom is 0.249 e. The molecular formula is C9H13F2N3O2. The van der Waals surface area contributed by atoms with Gasteiger partial charge in [-0.15, -0.1) is 0 Å². The SMILES string of the molecule is CN(C#N)C(=O)CCC(F)(F)CCC(N)=O. The highest BCUT2D eigenvalue weighted by atomic mass is 19.3. The molecule has 16 heavy (non-hydrogen) atoms. The van der Waals surface area contributed by atoms with E-state index in [4.69, 9.17) is 11.0 Å². The molecule has 0 saturated heterocycles. The number of carbonyl (C=O) groups is 2. The van der Waals surface area contributed by atoms with Gasteiger partial charge in [-0.1, -0.05) is 0 Å². The standard InChI is InChI=1S/C9H13F2N3O2/c1-14(6-12)8(16)3-5-9(10,11)4-2-7(13)15/h2-5H2,1H3,(H2,13,15). The molecule has 0 bridgehead atoms. The van der Waals surface area contributed by atoms with Gasteiger partial charge in [0.15, 0.2) is 6.19 Å². The zero-order valence-corrected chi connectivity index (χ0v) is 8.87. The van der Waals surface area contributed by atoms with Crippen LogP contribution in [0.1, 0.15) is 25.7 Å². The summed E-state index contributed by atoms with van der Waals surface area (Å²) < 4.78 is 26.1. The number of amides is 2. The lowest BCUT2D eigenvalue weighted by Gasteiger charge is -2.15. The van der Waals surface area contributed by atoms with Crippen LogP contribution in [-0.4, -0.2) is 29.7 Å². The van der Waals surface area contributed by atoms with Gasteiger partial charge >= 0.3 is 0 Å². The van der Waals surface area contributed by atoms with Crippen molar-refractivity contribution in [2.45, 2.75) is 31.6 Å². The summed E-state index contributed by atoms with van der Waals surface area (Å²) in [6, 6.07) is 0. The van der Waals surface area contributed by atoms with Crippen LogP contribution in [0.3, 0.4) is 0 Å². The maximum atomic E-state index is 13.1. The van der Waals surface area contributed by atoms with Crippen molar-refractivity contribution in [1.82, 2.24) is 4.90 Å². The molecule has 90 valence electrons. The molecule has 2 N–H and O–H groups in total. The van der Waals surface area contributed by atoms with E-state index in [1.165, 1.54) is 13.2 Å². The molecule has 0 atom stereocenters. The molecule has 0 radical (unpaired) electrons. The highest BCUT2D eigenvalue weighted by molar-refractivity contribution is 5.77. The smallest absolute Gasteiger partial charge is 0.249 e. The first kappa shape index (κ1) is 14.3. The summed E-state index contributed by atoms with van der Waals surface area (Å²) in [5, 5.41) is 8.32. The Hall–Kier alpha value is -1.71. The number of hydrogen-bond acceptors (Lipinski definition) is 3. The summed E-state index contributed by atoms with van der Waals surface area (Å²) in [7, 11) is 1.20. The summed E-state index contributed by atoms with van der Waals surface area (Å²) in [5.41, 5.74) is 4.73. The van der Waals surface area contributed by atoms with Crippen LogP contribution in [-0.2, 0) is 9.59 Å². The second kappa shape index (κ2) is 6.00. The van der Waals surface area contributed by atoms with E-state index in [9.17, 15) is 18.4 Å². The molecule has 0 aromatic carbocycles. The Labute approximate surface area is 91.8 Å². The number of alkyl halides is 2. The average Bonchev–Trinajstić information content (AvgIpc) is 2.22. The van der Waals surface area contributed by atoms with Gasteiger partial charge in [0.05, 0.1) is 0 Å². The molecule has 0 fully saturated rings. The van der Waals surface area contributed by atoms with E-state index < -0.39 is 43.4 Å². The Bertz CT molecular complexity index is 312. The summed E-state index contributed by atoms with van der Waals surface area (Å²) in [4.78, 5) is 22.0. The molecule has 7 heteroatoms. The monoisotopic (exact) mass is 233 g/mol. The van der Waals surface area contributed by atoms with E-state index in [1.54, 1.807) is 0 Å². The molecule has 0 saturated carbocycles. The predicted molar refractivity (Wildman–Crippen MR) is 51.0 cm³/mol. The summed E-state index contributed by atoms with van der Waals surface area (Å²) in [6.45, 7) is 0. The highest BCUT2D eigenvalue weighted by Gasteiger charge is 2.30. The predicted octanol–water partition coefficient (Wildman–Crippen LogP) is 0.607. The number of nitrogens with two attached hydrogens (primary N) is 1. The number of halogens is 2. The van der Waals surface area contributed by atoms with Gasteiger partial charge in [-0.05, 0) is 0 Å². The lowest BCUT2D eigenvalue weighted by molar-refractivity contribution is -0.129. The van der Waals surface area contributed by atoms with E-state index >= 15 is 0 Å². The van der Waals surface area contributed by atoms with Crippen LogP contribution < -0.4 is 5.73 Å². The average molecular weight is 233 g/mol. The van der Waals surface area contributed by atoms with Crippen molar-refractivity contribution < 1.29 is 18.4 Å². The summed E-state index contributed by atoms with van der Waals surface area (Å²) in [5.74, 6) is -4.59.